The van der Waals surface area contributed by atoms with Crippen LogP contribution in [0.15, 0.2) is 36.0 Å². The summed E-state index contributed by atoms with van der Waals surface area (Å²) in [6.07, 6.45) is -3.46. The van der Waals surface area contributed by atoms with E-state index in [4.69, 9.17) is 0 Å². The van der Waals surface area contributed by atoms with E-state index in [1.807, 2.05) is 0 Å². The Bertz CT molecular complexity index is 548. The van der Waals surface area contributed by atoms with Gasteiger partial charge in [-0.05, 0) is 18.6 Å². The van der Waals surface area contributed by atoms with Crippen molar-refractivity contribution in [1.29, 1.82) is 0 Å². The van der Waals surface area contributed by atoms with E-state index >= 15 is 0 Å². The lowest BCUT2D eigenvalue weighted by Crippen LogP contribution is -2.16. The Hall–Kier alpha value is -2.11. The Labute approximate surface area is 114 Å². The van der Waals surface area contributed by atoms with E-state index in [0.29, 0.717) is 0 Å². The van der Waals surface area contributed by atoms with Crippen LogP contribution in [0.2, 0.25) is 0 Å². The summed E-state index contributed by atoms with van der Waals surface area (Å²) in [5.74, 6) is -0.956. The predicted molar refractivity (Wildman–Crippen MR) is 68.0 cm³/mol. The number of carbonyl (C=O) groups excluding carboxylic acids is 2. The Morgan fingerprint density at radius 2 is 1.95 bits per heavy atom. The maximum atomic E-state index is 12.6. The Kier molecular flexibility index (Phi) is 5.07. The third-order valence-electron chi connectivity index (χ3n) is 2.59. The van der Waals surface area contributed by atoms with E-state index in [0.717, 1.165) is 12.1 Å². The highest BCUT2D eigenvalue weighted by atomic mass is 19.4. The Balaban J connectivity index is 2.96. The van der Waals surface area contributed by atoms with Gasteiger partial charge in [0.05, 0.1) is 11.1 Å². The summed E-state index contributed by atoms with van der Waals surface area (Å²) in [5.41, 5.74) is -0.664. The lowest BCUT2D eigenvalue weighted by atomic mass is 10.00. The van der Waals surface area contributed by atoms with E-state index in [2.05, 4.69) is 5.32 Å². The van der Waals surface area contributed by atoms with Gasteiger partial charge in [-0.25, -0.2) is 0 Å². The number of hydrogen-bond donors (Lipinski definition) is 1. The second-order valence-corrected chi connectivity index (χ2v) is 4.20. The highest BCUT2D eigenvalue weighted by Gasteiger charge is 2.30. The van der Waals surface area contributed by atoms with Crippen molar-refractivity contribution < 1.29 is 22.8 Å². The maximum Gasteiger partial charge on any atom is 0.416 e. The monoisotopic (exact) mass is 285 g/mol. The average Bonchev–Trinajstić information content (AvgIpc) is 2.34. The zero-order valence-corrected chi connectivity index (χ0v) is 11.0. The molecule has 0 saturated heterocycles. The third kappa shape index (κ3) is 4.22. The van der Waals surface area contributed by atoms with E-state index in [-0.39, 0.29) is 17.6 Å². The number of alkyl halides is 3. The van der Waals surface area contributed by atoms with E-state index < -0.39 is 23.3 Å². The molecule has 0 saturated carbocycles. The van der Waals surface area contributed by atoms with Crippen LogP contribution in [0.4, 0.5) is 13.2 Å². The van der Waals surface area contributed by atoms with Gasteiger partial charge in [0.25, 0.3) is 0 Å². The van der Waals surface area contributed by atoms with Gasteiger partial charge in [0.1, 0.15) is 0 Å². The van der Waals surface area contributed by atoms with Crippen molar-refractivity contribution in [2.24, 2.45) is 0 Å². The summed E-state index contributed by atoms with van der Waals surface area (Å²) in [6, 6.07) is 4.50. The van der Waals surface area contributed by atoms with Crippen molar-refractivity contribution in [2.45, 2.75) is 19.5 Å². The minimum absolute atomic E-state index is 0.0649. The normalized spacial score (nSPS) is 12.2. The van der Waals surface area contributed by atoms with Gasteiger partial charge in [-0.15, -0.1) is 0 Å². The second-order valence-electron chi connectivity index (χ2n) is 4.20. The predicted octanol–water partition coefficient (Wildman–Crippen LogP) is 2.51. The Morgan fingerprint density at radius 1 is 1.30 bits per heavy atom. The smallest absolute Gasteiger partial charge is 0.393 e. The van der Waals surface area contributed by atoms with Gasteiger partial charge in [0.2, 0.25) is 0 Å². The molecule has 0 fully saturated rings. The summed E-state index contributed by atoms with van der Waals surface area (Å²) >= 11 is 0. The highest BCUT2D eigenvalue weighted by molar-refractivity contribution is 6.19. The van der Waals surface area contributed by atoms with Crippen LogP contribution in [0, 0.1) is 0 Å². The van der Waals surface area contributed by atoms with Crippen LogP contribution >= 0.6 is 0 Å². The number of Topliss-reactive ketones (excluding diaryl/α,β-unsaturated/α-hetero) is 2. The summed E-state index contributed by atoms with van der Waals surface area (Å²) < 4.78 is 37.7. The first-order chi connectivity index (χ1) is 9.25. The van der Waals surface area contributed by atoms with Crippen LogP contribution in [0.3, 0.4) is 0 Å². The van der Waals surface area contributed by atoms with Crippen LogP contribution in [-0.2, 0) is 22.2 Å². The first-order valence-electron chi connectivity index (χ1n) is 5.83. The molecule has 1 rings (SSSR count). The molecule has 0 unspecified atom stereocenters. The number of nitrogens with one attached hydrogen (secondary N) is 1. The molecule has 0 aromatic heterocycles. The number of hydrogen-bond acceptors (Lipinski definition) is 3. The number of allylic oxidation sites excluding steroid dienone is 1. The van der Waals surface area contributed by atoms with Crippen LogP contribution in [-0.4, -0.2) is 18.6 Å². The van der Waals surface area contributed by atoms with Gasteiger partial charge in [-0.1, -0.05) is 18.2 Å². The van der Waals surface area contributed by atoms with E-state index in [9.17, 15) is 22.8 Å². The van der Waals surface area contributed by atoms with Gasteiger partial charge in [0.15, 0.2) is 11.6 Å². The van der Waals surface area contributed by atoms with Crippen LogP contribution in [0.1, 0.15) is 18.1 Å². The molecule has 0 radical (unpaired) electrons. The van der Waals surface area contributed by atoms with E-state index in [1.165, 1.54) is 32.3 Å². The van der Waals surface area contributed by atoms with Crippen LogP contribution in [0.5, 0.6) is 0 Å². The topological polar surface area (TPSA) is 46.2 Å². The van der Waals surface area contributed by atoms with Gasteiger partial charge in [-0.2, -0.15) is 13.2 Å². The molecule has 0 spiro atoms. The first kappa shape index (κ1) is 15.9. The maximum absolute atomic E-state index is 12.6. The van der Waals surface area contributed by atoms with Crippen molar-refractivity contribution in [3.05, 3.63) is 47.2 Å². The molecule has 0 aliphatic carbocycles. The fourth-order valence-electron chi connectivity index (χ4n) is 1.66. The lowest BCUT2D eigenvalue weighted by molar-refractivity contribution is -0.137. The van der Waals surface area contributed by atoms with Crippen molar-refractivity contribution >= 4 is 11.6 Å². The molecular formula is C14H14F3NO2. The van der Waals surface area contributed by atoms with Gasteiger partial charge in [-0.3, -0.25) is 9.59 Å². The molecule has 1 N–H and O–H groups in total. The lowest BCUT2D eigenvalue weighted by Gasteiger charge is -2.09. The standard InChI is InChI=1S/C14H14F3NO2/c1-9(19)12(8-18-2)13(20)7-10-4-3-5-11(6-10)14(15,16)17/h3-6,8,18H,7H2,1-2H3. The SMILES string of the molecule is CNC=C(C(C)=O)C(=O)Cc1cccc(C(F)(F)F)c1. The van der Waals surface area contributed by atoms with Crippen molar-refractivity contribution in [3.63, 3.8) is 0 Å². The van der Waals surface area contributed by atoms with E-state index in [1.54, 1.807) is 0 Å². The molecule has 6 heteroatoms. The number of rotatable bonds is 5. The quantitative estimate of drug-likeness (QED) is 0.513. The zero-order chi connectivity index (χ0) is 15.3. The number of halogens is 3. The van der Waals surface area contributed by atoms with Crippen molar-refractivity contribution in [3.8, 4) is 0 Å². The summed E-state index contributed by atoms with van der Waals surface area (Å²) in [5, 5.41) is 2.57. The molecule has 0 atom stereocenters. The molecule has 1 aromatic rings. The minimum atomic E-state index is -4.46. The fourth-order valence-corrected chi connectivity index (χ4v) is 1.66. The number of benzene rings is 1. The number of carbonyl (C=O) groups is 2. The zero-order valence-electron chi connectivity index (χ0n) is 11.0. The van der Waals surface area contributed by atoms with Crippen LogP contribution in [0.25, 0.3) is 0 Å². The molecule has 20 heavy (non-hydrogen) atoms. The van der Waals surface area contributed by atoms with Gasteiger partial charge < -0.3 is 5.32 Å². The summed E-state index contributed by atoms with van der Waals surface area (Å²) in [6.45, 7) is 1.23. The molecule has 0 aliphatic rings. The molecule has 0 heterocycles. The summed E-state index contributed by atoms with van der Waals surface area (Å²) in [4.78, 5) is 23.2. The largest absolute Gasteiger partial charge is 0.416 e. The first-order valence-corrected chi connectivity index (χ1v) is 5.83. The molecule has 0 amide bonds. The molecule has 1 aromatic carbocycles. The van der Waals surface area contributed by atoms with Crippen molar-refractivity contribution in [2.75, 3.05) is 7.05 Å². The summed E-state index contributed by atoms with van der Waals surface area (Å²) in [7, 11) is 1.53. The van der Waals surface area contributed by atoms with Gasteiger partial charge in [0, 0.05) is 19.7 Å². The number of ketones is 2. The fraction of sp³-hybridized carbons (Fsp3) is 0.286. The third-order valence-corrected chi connectivity index (χ3v) is 2.59. The molecule has 0 bridgehead atoms. The second kappa shape index (κ2) is 6.36. The van der Waals surface area contributed by atoms with Crippen LogP contribution < -0.4 is 5.32 Å². The molecule has 108 valence electrons. The molecule has 0 aliphatic heterocycles. The average molecular weight is 285 g/mol. The molecular weight excluding hydrogens is 271 g/mol. The molecule has 3 nitrogen and oxygen atoms in total. The Morgan fingerprint density at radius 3 is 2.45 bits per heavy atom. The van der Waals surface area contributed by atoms with Gasteiger partial charge >= 0.3 is 6.18 Å². The minimum Gasteiger partial charge on any atom is -0.393 e. The van der Waals surface area contributed by atoms with Crippen molar-refractivity contribution in [1.82, 2.24) is 5.32 Å². The highest BCUT2D eigenvalue weighted by Crippen LogP contribution is 2.29.